The Morgan fingerprint density at radius 2 is 2.22 bits per heavy atom. The number of nitrogens with one attached hydrogen (secondary N) is 1. The van der Waals surface area contributed by atoms with Crippen LogP contribution in [0, 0.1) is 0 Å². The molecule has 23 heavy (non-hydrogen) atoms. The third kappa shape index (κ3) is 3.80. The van der Waals surface area contributed by atoms with Crippen molar-refractivity contribution in [3.8, 4) is 5.82 Å². The summed E-state index contributed by atoms with van der Waals surface area (Å²) >= 11 is 5.85. The van der Waals surface area contributed by atoms with Crippen LogP contribution >= 0.6 is 11.6 Å². The van der Waals surface area contributed by atoms with E-state index in [1.54, 1.807) is 0 Å². The van der Waals surface area contributed by atoms with Gasteiger partial charge in [0.1, 0.15) is 0 Å². The van der Waals surface area contributed by atoms with Crippen LogP contribution in [0.1, 0.15) is 23.0 Å². The van der Waals surface area contributed by atoms with Gasteiger partial charge in [-0.15, -0.1) is 0 Å². The Bertz CT molecular complexity index is 715. The molecule has 1 atom stereocenters. The zero-order chi connectivity index (χ0) is 17.2. The van der Waals surface area contributed by atoms with Crippen molar-refractivity contribution in [3.63, 3.8) is 0 Å². The fourth-order valence-electron chi connectivity index (χ4n) is 1.82. The molecule has 10 heteroatoms. The fraction of sp³-hybridized carbons (Fsp3) is 0.308. The predicted molar refractivity (Wildman–Crippen MR) is 75.4 cm³/mol. The van der Waals surface area contributed by atoms with Gasteiger partial charge in [0, 0.05) is 12.7 Å². The molecule has 0 aliphatic carbocycles. The number of aromatic nitrogens is 3. The van der Waals surface area contributed by atoms with Gasteiger partial charge in [-0.2, -0.15) is 18.3 Å². The van der Waals surface area contributed by atoms with Gasteiger partial charge in [-0.05, 0) is 19.1 Å². The summed E-state index contributed by atoms with van der Waals surface area (Å²) in [5.41, 5.74) is -1.97. The van der Waals surface area contributed by atoms with Crippen LogP contribution in [0.2, 0.25) is 5.02 Å². The maximum Gasteiger partial charge on any atom is 0.434 e. The number of aliphatic hydroxyl groups is 1. The molecule has 1 unspecified atom stereocenters. The molecule has 2 heterocycles. The van der Waals surface area contributed by atoms with E-state index in [-0.39, 0.29) is 17.4 Å². The van der Waals surface area contributed by atoms with Crippen molar-refractivity contribution in [2.75, 3.05) is 6.54 Å². The van der Waals surface area contributed by atoms with E-state index in [0.29, 0.717) is 4.68 Å². The third-order valence-corrected chi connectivity index (χ3v) is 3.08. The van der Waals surface area contributed by atoms with E-state index in [2.05, 4.69) is 15.4 Å². The third-order valence-electron chi connectivity index (χ3n) is 2.78. The van der Waals surface area contributed by atoms with Gasteiger partial charge in [-0.3, -0.25) is 4.79 Å². The van der Waals surface area contributed by atoms with E-state index in [0.717, 1.165) is 6.20 Å². The molecule has 0 aliphatic heterocycles. The second-order valence-electron chi connectivity index (χ2n) is 4.68. The van der Waals surface area contributed by atoms with Crippen molar-refractivity contribution in [2.45, 2.75) is 19.2 Å². The molecule has 6 nitrogen and oxygen atoms in total. The minimum absolute atomic E-state index is 0.0444. The Balaban J connectivity index is 2.51. The van der Waals surface area contributed by atoms with Crippen LogP contribution in [-0.4, -0.2) is 38.4 Å². The summed E-state index contributed by atoms with van der Waals surface area (Å²) in [6, 6.07) is 2.82. The molecule has 0 spiro atoms. The molecule has 1 amide bonds. The summed E-state index contributed by atoms with van der Waals surface area (Å²) in [7, 11) is 0. The van der Waals surface area contributed by atoms with Crippen LogP contribution in [0.25, 0.3) is 5.82 Å². The second-order valence-corrected chi connectivity index (χ2v) is 5.09. The summed E-state index contributed by atoms with van der Waals surface area (Å²) < 4.78 is 40.5. The Morgan fingerprint density at radius 1 is 1.52 bits per heavy atom. The Morgan fingerprint density at radius 3 is 2.78 bits per heavy atom. The van der Waals surface area contributed by atoms with E-state index < -0.39 is 29.4 Å². The van der Waals surface area contributed by atoms with Crippen molar-refractivity contribution in [2.24, 2.45) is 0 Å². The zero-order valence-electron chi connectivity index (χ0n) is 11.8. The molecule has 124 valence electrons. The van der Waals surface area contributed by atoms with Gasteiger partial charge in [0.05, 0.1) is 22.9 Å². The standard InChI is InChI=1S/C13H12ClF3N4O2/c1-7(22)5-19-12(23)8-6-20-21(10(8)13(15,16)17)11-9(14)3-2-4-18-11/h2-4,6-7,22H,5H2,1H3,(H,19,23). The monoisotopic (exact) mass is 348 g/mol. The lowest BCUT2D eigenvalue weighted by Crippen LogP contribution is -2.32. The first-order valence-corrected chi connectivity index (χ1v) is 6.82. The molecule has 2 rings (SSSR count). The quantitative estimate of drug-likeness (QED) is 0.886. The van der Waals surface area contributed by atoms with E-state index in [1.807, 2.05) is 0 Å². The Hall–Kier alpha value is -2.13. The minimum Gasteiger partial charge on any atom is -0.392 e. The smallest absolute Gasteiger partial charge is 0.392 e. The normalized spacial score (nSPS) is 13.0. The average molecular weight is 349 g/mol. The van der Waals surface area contributed by atoms with Crippen molar-refractivity contribution >= 4 is 17.5 Å². The van der Waals surface area contributed by atoms with Crippen LogP contribution in [0.15, 0.2) is 24.5 Å². The number of alkyl halides is 3. The zero-order valence-corrected chi connectivity index (χ0v) is 12.6. The molecular formula is C13H12ClF3N4O2. The number of carbonyl (C=O) groups is 1. The van der Waals surface area contributed by atoms with Gasteiger partial charge in [-0.1, -0.05) is 11.6 Å². The predicted octanol–water partition coefficient (Wildman–Crippen LogP) is 2.05. The SMILES string of the molecule is CC(O)CNC(=O)c1cnn(-c2ncccc2Cl)c1C(F)(F)F. The number of amides is 1. The molecule has 2 aromatic rings. The largest absolute Gasteiger partial charge is 0.434 e. The number of pyridine rings is 1. The summed E-state index contributed by atoms with van der Waals surface area (Å²) in [6.45, 7) is 1.20. The van der Waals surface area contributed by atoms with Gasteiger partial charge >= 0.3 is 6.18 Å². The highest BCUT2D eigenvalue weighted by Crippen LogP contribution is 2.34. The lowest BCUT2D eigenvalue weighted by molar-refractivity contribution is -0.143. The summed E-state index contributed by atoms with van der Waals surface area (Å²) in [4.78, 5) is 15.7. The Kier molecular flexibility index (Phi) is 4.90. The number of nitrogens with zero attached hydrogens (tertiary/aromatic N) is 3. The lowest BCUT2D eigenvalue weighted by Gasteiger charge is -2.13. The molecule has 2 N–H and O–H groups in total. The van der Waals surface area contributed by atoms with E-state index >= 15 is 0 Å². The molecule has 0 aromatic carbocycles. The first kappa shape index (κ1) is 17.2. The molecule has 2 aromatic heterocycles. The van der Waals surface area contributed by atoms with E-state index in [1.165, 1.54) is 25.3 Å². The number of hydrogen-bond acceptors (Lipinski definition) is 4. The summed E-state index contributed by atoms with van der Waals surface area (Å²) in [6.07, 6.45) is -3.70. The van der Waals surface area contributed by atoms with Gasteiger partial charge < -0.3 is 10.4 Å². The van der Waals surface area contributed by atoms with Crippen molar-refractivity contribution < 1.29 is 23.1 Å². The second kappa shape index (κ2) is 6.55. The van der Waals surface area contributed by atoms with Crippen LogP contribution in [-0.2, 0) is 6.18 Å². The summed E-state index contributed by atoms with van der Waals surface area (Å²) in [5.74, 6) is -1.24. The molecule has 0 saturated heterocycles. The van der Waals surface area contributed by atoms with Crippen LogP contribution in [0.3, 0.4) is 0 Å². The fourth-order valence-corrected chi connectivity index (χ4v) is 2.02. The summed E-state index contributed by atoms with van der Waals surface area (Å²) in [5, 5.41) is 14.9. The van der Waals surface area contributed by atoms with E-state index in [9.17, 15) is 18.0 Å². The first-order chi connectivity index (χ1) is 10.7. The van der Waals surface area contributed by atoms with Gasteiger partial charge in [-0.25, -0.2) is 9.67 Å². The van der Waals surface area contributed by atoms with Crippen molar-refractivity contribution in [3.05, 3.63) is 40.8 Å². The molecule has 0 fully saturated rings. The average Bonchev–Trinajstić information content (AvgIpc) is 2.90. The maximum absolute atomic E-state index is 13.4. The highest BCUT2D eigenvalue weighted by atomic mass is 35.5. The highest BCUT2D eigenvalue weighted by Gasteiger charge is 2.41. The number of carbonyl (C=O) groups excluding carboxylic acids is 1. The van der Waals surface area contributed by atoms with Gasteiger partial charge in [0.15, 0.2) is 11.5 Å². The van der Waals surface area contributed by atoms with Crippen LogP contribution in [0.4, 0.5) is 13.2 Å². The molecule has 0 bridgehead atoms. The van der Waals surface area contributed by atoms with Gasteiger partial charge in [0.2, 0.25) is 0 Å². The van der Waals surface area contributed by atoms with Crippen molar-refractivity contribution in [1.82, 2.24) is 20.1 Å². The lowest BCUT2D eigenvalue weighted by atomic mass is 10.2. The highest BCUT2D eigenvalue weighted by molar-refractivity contribution is 6.32. The first-order valence-electron chi connectivity index (χ1n) is 6.44. The van der Waals surface area contributed by atoms with Crippen LogP contribution in [0.5, 0.6) is 0 Å². The maximum atomic E-state index is 13.4. The molecule has 0 aliphatic rings. The van der Waals surface area contributed by atoms with Crippen molar-refractivity contribution in [1.29, 1.82) is 0 Å². The Labute approximate surface area is 133 Å². The molecule has 0 radical (unpaired) electrons. The van der Waals surface area contributed by atoms with E-state index in [4.69, 9.17) is 16.7 Å². The topological polar surface area (TPSA) is 80.0 Å². The number of halogens is 4. The number of aliphatic hydroxyl groups excluding tert-OH is 1. The van der Waals surface area contributed by atoms with Crippen LogP contribution < -0.4 is 5.32 Å². The number of rotatable bonds is 4. The van der Waals surface area contributed by atoms with Gasteiger partial charge in [0.25, 0.3) is 5.91 Å². The molecule has 0 saturated carbocycles. The minimum atomic E-state index is -4.85. The molecular weight excluding hydrogens is 337 g/mol. The number of hydrogen-bond donors (Lipinski definition) is 2.